The summed E-state index contributed by atoms with van der Waals surface area (Å²) in [5.41, 5.74) is 7.88. The summed E-state index contributed by atoms with van der Waals surface area (Å²) in [6.07, 6.45) is 3.89. The molecule has 8 nitrogen and oxygen atoms in total. The molecule has 0 bridgehead atoms. The number of piperidine rings is 1. The molecule has 4 heterocycles. The van der Waals surface area contributed by atoms with Crippen LogP contribution < -0.4 is 16.2 Å². The summed E-state index contributed by atoms with van der Waals surface area (Å²) in [5, 5.41) is 9.54. The number of thiophene rings is 1. The minimum atomic E-state index is -0.188. The van der Waals surface area contributed by atoms with Gasteiger partial charge in [-0.3, -0.25) is 14.2 Å². The van der Waals surface area contributed by atoms with Crippen LogP contribution in [-0.2, 0) is 6.54 Å². The summed E-state index contributed by atoms with van der Waals surface area (Å²) in [4.78, 5) is 36.0. The fourth-order valence-corrected chi connectivity index (χ4v) is 5.71. The van der Waals surface area contributed by atoms with Crippen molar-refractivity contribution in [1.82, 2.24) is 14.5 Å². The molecule has 5 rings (SSSR count). The van der Waals surface area contributed by atoms with Crippen LogP contribution in [0, 0.1) is 11.3 Å². The van der Waals surface area contributed by atoms with Crippen molar-refractivity contribution >= 4 is 33.4 Å². The molecule has 2 N–H and O–H groups in total. The number of anilines is 1. The normalized spacial score (nSPS) is 18.6. The summed E-state index contributed by atoms with van der Waals surface area (Å²) in [6.45, 7) is 3.12. The van der Waals surface area contributed by atoms with Gasteiger partial charge in [-0.25, -0.2) is 4.98 Å². The fraction of sp³-hybridized carbons (Fsp3) is 0.417. The molecule has 2 aliphatic rings. The number of hydrogen-bond donors (Lipinski definition) is 1. The van der Waals surface area contributed by atoms with Crippen molar-refractivity contribution in [2.75, 3.05) is 31.1 Å². The lowest BCUT2D eigenvalue weighted by Gasteiger charge is -2.33. The maximum absolute atomic E-state index is 13.7. The van der Waals surface area contributed by atoms with Crippen LogP contribution in [-0.4, -0.2) is 52.6 Å². The van der Waals surface area contributed by atoms with E-state index in [9.17, 15) is 14.9 Å². The molecule has 33 heavy (non-hydrogen) atoms. The van der Waals surface area contributed by atoms with Gasteiger partial charge in [-0.1, -0.05) is 18.2 Å². The van der Waals surface area contributed by atoms with Gasteiger partial charge >= 0.3 is 0 Å². The number of nitriles is 1. The van der Waals surface area contributed by atoms with Crippen LogP contribution >= 0.6 is 11.3 Å². The first-order valence-corrected chi connectivity index (χ1v) is 12.2. The average Bonchev–Trinajstić information content (AvgIpc) is 3.51. The van der Waals surface area contributed by atoms with Crippen LogP contribution in [0.4, 0.5) is 5.95 Å². The number of nitrogens with two attached hydrogens (primary N) is 1. The summed E-state index contributed by atoms with van der Waals surface area (Å²) in [7, 11) is 0. The predicted octanol–water partition coefficient (Wildman–Crippen LogP) is 2.54. The lowest BCUT2D eigenvalue weighted by molar-refractivity contribution is 0.0797. The van der Waals surface area contributed by atoms with Gasteiger partial charge in [0.2, 0.25) is 5.95 Å². The molecule has 1 unspecified atom stereocenters. The van der Waals surface area contributed by atoms with E-state index in [4.69, 9.17) is 10.7 Å². The summed E-state index contributed by atoms with van der Waals surface area (Å²) >= 11 is 1.21. The third-order valence-electron chi connectivity index (χ3n) is 6.42. The van der Waals surface area contributed by atoms with Crippen molar-refractivity contribution in [1.29, 1.82) is 5.26 Å². The average molecular weight is 463 g/mol. The third-order valence-corrected chi connectivity index (χ3v) is 7.53. The highest BCUT2D eigenvalue weighted by molar-refractivity contribution is 7.20. The van der Waals surface area contributed by atoms with E-state index >= 15 is 0 Å². The lowest BCUT2D eigenvalue weighted by Crippen LogP contribution is -2.45. The zero-order valence-corrected chi connectivity index (χ0v) is 19.2. The fourth-order valence-electron chi connectivity index (χ4n) is 4.69. The molecule has 3 aromatic rings. The molecule has 1 atom stereocenters. The van der Waals surface area contributed by atoms with Gasteiger partial charge in [-0.2, -0.15) is 5.26 Å². The van der Waals surface area contributed by atoms with E-state index in [1.54, 1.807) is 16.7 Å². The molecule has 0 radical (unpaired) electrons. The van der Waals surface area contributed by atoms with Crippen molar-refractivity contribution in [2.24, 2.45) is 5.73 Å². The first kappa shape index (κ1) is 21.6. The van der Waals surface area contributed by atoms with Crippen molar-refractivity contribution in [3.63, 3.8) is 0 Å². The standard InChI is InChI=1S/C24H26N6O2S/c25-13-16-6-1-2-7-17(16)14-30-23(32)21-19(27-24(30)29-11-5-8-18(26)15-29)12-20(33-21)22(31)28-9-3-4-10-28/h1-2,6-7,12,18H,3-5,8-11,14-15,26H2. The van der Waals surface area contributed by atoms with Crippen molar-refractivity contribution in [3.8, 4) is 6.07 Å². The zero-order valence-electron chi connectivity index (χ0n) is 18.4. The molecule has 9 heteroatoms. The molecule has 0 spiro atoms. The Labute approximate surface area is 195 Å². The van der Waals surface area contributed by atoms with Gasteiger partial charge < -0.3 is 15.5 Å². The molecular weight excluding hydrogens is 436 g/mol. The van der Waals surface area contributed by atoms with E-state index in [2.05, 4.69) is 11.0 Å². The lowest BCUT2D eigenvalue weighted by atomic mass is 10.1. The molecule has 170 valence electrons. The Kier molecular flexibility index (Phi) is 5.87. The molecule has 0 aliphatic carbocycles. The van der Waals surface area contributed by atoms with Gasteiger partial charge in [0.25, 0.3) is 11.5 Å². The highest BCUT2D eigenvalue weighted by Crippen LogP contribution is 2.27. The highest BCUT2D eigenvalue weighted by atomic mass is 32.1. The first-order chi connectivity index (χ1) is 16.0. The van der Waals surface area contributed by atoms with E-state index < -0.39 is 0 Å². The number of aromatic nitrogens is 2. The summed E-state index contributed by atoms with van der Waals surface area (Å²) < 4.78 is 2.11. The summed E-state index contributed by atoms with van der Waals surface area (Å²) in [5.74, 6) is 0.520. The Balaban J connectivity index is 1.63. The van der Waals surface area contributed by atoms with Gasteiger partial charge in [-0.15, -0.1) is 11.3 Å². The van der Waals surface area contributed by atoms with Crippen LogP contribution in [0.5, 0.6) is 0 Å². The molecule has 2 aromatic heterocycles. The topological polar surface area (TPSA) is 108 Å². The number of hydrogen-bond acceptors (Lipinski definition) is 7. The minimum Gasteiger partial charge on any atom is -0.341 e. The number of rotatable bonds is 4. The van der Waals surface area contributed by atoms with Crippen LogP contribution in [0.1, 0.15) is 46.5 Å². The Morgan fingerprint density at radius 2 is 2.00 bits per heavy atom. The van der Waals surface area contributed by atoms with E-state index in [0.29, 0.717) is 33.2 Å². The number of nitrogens with zero attached hydrogens (tertiary/aromatic N) is 5. The molecule has 1 amide bonds. The summed E-state index contributed by atoms with van der Waals surface area (Å²) in [6, 6.07) is 11.3. The molecule has 2 saturated heterocycles. The highest BCUT2D eigenvalue weighted by Gasteiger charge is 2.26. The number of carbonyl (C=O) groups excluding carboxylic acids is 1. The van der Waals surface area contributed by atoms with Crippen LogP contribution in [0.3, 0.4) is 0 Å². The third kappa shape index (κ3) is 4.12. The second-order valence-corrected chi connectivity index (χ2v) is 9.80. The van der Waals surface area contributed by atoms with E-state index in [1.807, 2.05) is 23.1 Å². The first-order valence-electron chi connectivity index (χ1n) is 11.4. The number of fused-ring (bicyclic) bond motifs is 1. The van der Waals surface area contributed by atoms with Gasteiger partial charge in [0, 0.05) is 32.2 Å². The maximum atomic E-state index is 13.7. The van der Waals surface area contributed by atoms with Gasteiger partial charge in [-0.05, 0) is 43.4 Å². The van der Waals surface area contributed by atoms with Gasteiger partial charge in [0.1, 0.15) is 4.70 Å². The largest absolute Gasteiger partial charge is 0.341 e. The SMILES string of the molecule is N#Cc1ccccc1Cn1c(N2CCCC(N)C2)nc2cc(C(=O)N3CCCC3)sc2c1=O. The number of carbonyl (C=O) groups is 1. The smallest absolute Gasteiger partial charge is 0.273 e. The molecule has 2 fully saturated rings. The van der Waals surface area contributed by atoms with Gasteiger partial charge in [0.05, 0.1) is 28.6 Å². The quantitative estimate of drug-likeness (QED) is 0.638. The molecule has 1 aromatic carbocycles. The van der Waals surface area contributed by atoms with Crippen LogP contribution in [0.25, 0.3) is 10.2 Å². The zero-order chi connectivity index (χ0) is 22.9. The van der Waals surface area contributed by atoms with Crippen molar-refractivity contribution in [2.45, 2.75) is 38.3 Å². The molecule has 2 aliphatic heterocycles. The minimum absolute atomic E-state index is 0.0148. The predicted molar refractivity (Wildman–Crippen MR) is 129 cm³/mol. The van der Waals surface area contributed by atoms with Crippen LogP contribution in [0.15, 0.2) is 35.1 Å². The number of likely N-dealkylation sites (tertiary alicyclic amines) is 1. The Morgan fingerprint density at radius 1 is 1.21 bits per heavy atom. The molecule has 0 saturated carbocycles. The van der Waals surface area contributed by atoms with E-state index in [-0.39, 0.29) is 24.1 Å². The second kappa shape index (κ2) is 8.96. The van der Waals surface area contributed by atoms with E-state index in [0.717, 1.165) is 50.9 Å². The Morgan fingerprint density at radius 3 is 2.76 bits per heavy atom. The van der Waals surface area contributed by atoms with Crippen molar-refractivity contribution in [3.05, 3.63) is 56.7 Å². The maximum Gasteiger partial charge on any atom is 0.273 e. The second-order valence-electron chi connectivity index (χ2n) is 8.74. The van der Waals surface area contributed by atoms with E-state index in [1.165, 1.54) is 11.3 Å². The van der Waals surface area contributed by atoms with Gasteiger partial charge in [0.15, 0.2) is 0 Å². The van der Waals surface area contributed by atoms with Crippen LogP contribution in [0.2, 0.25) is 0 Å². The monoisotopic (exact) mass is 462 g/mol. The Bertz CT molecular complexity index is 1300. The Hall–Kier alpha value is -3.22. The number of amides is 1. The number of benzene rings is 1. The van der Waals surface area contributed by atoms with Crippen molar-refractivity contribution < 1.29 is 4.79 Å². The molecular formula is C24H26N6O2S.